The van der Waals surface area contributed by atoms with Gasteiger partial charge in [0.2, 0.25) is 0 Å². The first-order chi connectivity index (χ1) is 13.5. The third kappa shape index (κ3) is 4.55. The summed E-state index contributed by atoms with van der Waals surface area (Å²) in [7, 11) is 1.60. The lowest BCUT2D eigenvalue weighted by molar-refractivity contribution is 0.0893. The summed E-state index contributed by atoms with van der Waals surface area (Å²) < 4.78 is 5.22. The van der Waals surface area contributed by atoms with Gasteiger partial charge in [0.1, 0.15) is 5.75 Å². The van der Waals surface area contributed by atoms with Crippen LogP contribution in [0.1, 0.15) is 49.7 Å². The minimum absolute atomic E-state index is 0.0405. The Hall–Kier alpha value is -3.20. The zero-order valence-electron chi connectivity index (χ0n) is 16.4. The molecule has 0 radical (unpaired) electrons. The molecule has 0 aliphatic heterocycles. The summed E-state index contributed by atoms with van der Waals surface area (Å²) in [6.45, 7) is 3.96. The van der Waals surface area contributed by atoms with Gasteiger partial charge in [-0.15, -0.1) is 0 Å². The molecule has 0 spiro atoms. The van der Waals surface area contributed by atoms with E-state index in [1.807, 2.05) is 86.6 Å². The van der Waals surface area contributed by atoms with Crippen molar-refractivity contribution in [3.63, 3.8) is 0 Å². The van der Waals surface area contributed by atoms with Crippen molar-refractivity contribution in [1.82, 2.24) is 0 Å². The third-order valence-corrected chi connectivity index (χ3v) is 4.93. The molecular formula is C25H24O3. The number of aryl methyl sites for hydroxylation is 2. The maximum Gasteiger partial charge on any atom is 0.170 e. The van der Waals surface area contributed by atoms with Crippen LogP contribution in [0.4, 0.5) is 0 Å². The Morgan fingerprint density at radius 3 is 1.75 bits per heavy atom. The molecule has 0 aliphatic rings. The van der Waals surface area contributed by atoms with E-state index >= 15 is 0 Å². The maximum absolute atomic E-state index is 13.2. The average molecular weight is 372 g/mol. The molecule has 0 amide bonds. The second-order valence-corrected chi connectivity index (χ2v) is 7.05. The van der Waals surface area contributed by atoms with Gasteiger partial charge in [0, 0.05) is 17.5 Å². The molecule has 1 atom stereocenters. The highest BCUT2D eigenvalue weighted by Gasteiger charge is 2.25. The highest BCUT2D eigenvalue weighted by atomic mass is 16.5. The van der Waals surface area contributed by atoms with Crippen LogP contribution in [0.25, 0.3) is 0 Å². The quantitative estimate of drug-likeness (QED) is 0.511. The van der Waals surface area contributed by atoms with Crippen LogP contribution < -0.4 is 4.74 Å². The van der Waals surface area contributed by atoms with E-state index in [-0.39, 0.29) is 18.0 Å². The van der Waals surface area contributed by atoms with Gasteiger partial charge in [-0.3, -0.25) is 9.59 Å². The number of methoxy groups -OCH3 is 1. The van der Waals surface area contributed by atoms with Crippen molar-refractivity contribution in [2.24, 2.45) is 0 Å². The van der Waals surface area contributed by atoms with Gasteiger partial charge in [-0.1, -0.05) is 71.8 Å². The van der Waals surface area contributed by atoms with E-state index in [0.717, 1.165) is 22.4 Å². The molecule has 3 aromatic rings. The Morgan fingerprint density at radius 2 is 1.25 bits per heavy atom. The summed E-state index contributed by atoms with van der Waals surface area (Å²) in [5, 5.41) is 0. The van der Waals surface area contributed by atoms with Crippen LogP contribution in [0.5, 0.6) is 5.75 Å². The van der Waals surface area contributed by atoms with Crippen LogP contribution in [-0.2, 0) is 0 Å². The van der Waals surface area contributed by atoms with E-state index in [1.165, 1.54) is 0 Å². The number of Topliss-reactive ketones (excluding diaryl/α,β-unsaturated/α-hetero) is 2. The molecule has 0 saturated heterocycles. The van der Waals surface area contributed by atoms with Crippen molar-refractivity contribution < 1.29 is 14.3 Å². The first-order valence-corrected chi connectivity index (χ1v) is 9.32. The Kier molecular flexibility index (Phi) is 6.05. The van der Waals surface area contributed by atoms with Gasteiger partial charge in [-0.05, 0) is 31.5 Å². The van der Waals surface area contributed by atoms with Crippen LogP contribution in [0.2, 0.25) is 0 Å². The molecule has 0 saturated carbocycles. The largest absolute Gasteiger partial charge is 0.497 e. The Morgan fingerprint density at radius 1 is 0.750 bits per heavy atom. The van der Waals surface area contributed by atoms with E-state index in [2.05, 4.69) is 0 Å². The van der Waals surface area contributed by atoms with E-state index in [1.54, 1.807) is 7.11 Å². The highest BCUT2D eigenvalue weighted by Crippen LogP contribution is 2.28. The molecular weight excluding hydrogens is 348 g/mol. The number of hydrogen-bond donors (Lipinski definition) is 0. The van der Waals surface area contributed by atoms with Crippen molar-refractivity contribution >= 4 is 11.6 Å². The Bertz CT molecular complexity index is 952. The van der Waals surface area contributed by atoms with Gasteiger partial charge in [0.05, 0.1) is 13.0 Å². The Balaban J connectivity index is 1.93. The SMILES string of the molecule is COc1ccc(C(CC(=O)c2ccc(C)cc2)C(=O)c2ccc(C)cc2)cc1. The summed E-state index contributed by atoms with van der Waals surface area (Å²) in [4.78, 5) is 26.1. The van der Waals surface area contributed by atoms with Crippen LogP contribution >= 0.6 is 0 Å². The molecule has 142 valence electrons. The standard InChI is InChI=1S/C25H24O3/c1-17-4-8-20(9-5-17)24(26)16-23(19-12-14-22(28-3)15-13-19)25(27)21-10-6-18(2)7-11-21/h4-15,23H,16H2,1-3H3. The van der Waals surface area contributed by atoms with Crippen LogP contribution in [0.15, 0.2) is 72.8 Å². The fourth-order valence-corrected chi connectivity index (χ4v) is 3.16. The van der Waals surface area contributed by atoms with Gasteiger partial charge in [0.25, 0.3) is 0 Å². The lowest BCUT2D eigenvalue weighted by Gasteiger charge is -2.17. The molecule has 3 aromatic carbocycles. The van der Waals surface area contributed by atoms with Crippen molar-refractivity contribution in [2.45, 2.75) is 26.2 Å². The van der Waals surface area contributed by atoms with Crippen molar-refractivity contribution in [3.05, 3.63) is 101 Å². The third-order valence-electron chi connectivity index (χ3n) is 4.93. The molecule has 0 aromatic heterocycles. The molecule has 1 unspecified atom stereocenters. The van der Waals surface area contributed by atoms with E-state index in [9.17, 15) is 9.59 Å². The summed E-state index contributed by atoms with van der Waals surface area (Å²) in [5.74, 6) is 0.0875. The minimum Gasteiger partial charge on any atom is -0.497 e. The fourth-order valence-electron chi connectivity index (χ4n) is 3.16. The fraction of sp³-hybridized carbons (Fsp3) is 0.200. The topological polar surface area (TPSA) is 43.4 Å². The summed E-state index contributed by atoms with van der Waals surface area (Å²) >= 11 is 0. The smallest absolute Gasteiger partial charge is 0.170 e. The van der Waals surface area contributed by atoms with E-state index < -0.39 is 5.92 Å². The lowest BCUT2D eigenvalue weighted by Crippen LogP contribution is -2.17. The summed E-state index contributed by atoms with van der Waals surface area (Å²) in [6, 6.07) is 22.3. The number of ketones is 2. The number of benzene rings is 3. The molecule has 0 heterocycles. The summed E-state index contributed by atoms with van der Waals surface area (Å²) in [6.07, 6.45) is 0.127. The molecule has 0 bridgehead atoms. The van der Waals surface area contributed by atoms with E-state index in [4.69, 9.17) is 4.74 Å². The number of carbonyl (C=O) groups is 2. The van der Waals surface area contributed by atoms with Crippen LogP contribution in [-0.4, -0.2) is 18.7 Å². The van der Waals surface area contributed by atoms with Gasteiger partial charge in [-0.2, -0.15) is 0 Å². The Labute approximate surface area is 166 Å². The average Bonchev–Trinajstić information content (AvgIpc) is 2.72. The molecule has 28 heavy (non-hydrogen) atoms. The van der Waals surface area contributed by atoms with E-state index in [0.29, 0.717) is 11.1 Å². The predicted molar refractivity (Wildman–Crippen MR) is 111 cm³/mol. The van der Waals surface area contributed by atoms with Crippen LogP contribution in [0.3, 0.4) is 0 Å². The number of rotatable bonds is 7. The van der Waals surface area contributed by atoms with Crippen LogP contribution in [0, 0.1) is 13.8 Å². The zero-order chi connectivity index (χ0) is 20.1. The van der Waals surface area contributed by atoms with Gasteiger partial charge in [-0.25, -0.2) is 0 Å². The molecule has 3 nitrogen and oxygen atoms in total. The lowest BCUT2D eigenvalue weighted by atomic mass is 9.85. The van der Waals surface area contributed by atoms with Gasteiger partial charge in [0.15, 0.2) is 11.6 Å². The highest BCUT2D eigenvalue weighted by molar-refractivity contribution is 6.06. The molecule has 0 N–H and O–H groups in total. The number of ether oxygens (including phenoxy) is 1. The van der Waals surface area contributed by atoms with Crippen molar-refractivity contribution in [3.8, 4) is 5.75 Å². The van der Waals surface area contributed by atoms with Gasteiger partial charge >= 0.3 is 0 Å². The first-order valence-electron chi connectivity index (χ1n) is 9.32. The molecule has 0 aliphatic carbocycles. The number of carbonyl (C=O) groups excluding carboxylic acids is 2. The molecule has 0 fully saturated rings. The second-order valence-electron chi connectivity index (χ2n) is 7.05. The minimum atomic E-state index is -0.539. The maximum atomic E-state index is 13.2. The van der Waals surface area contributed by atoms with Gasteiger partial charge < -0.3 is 4.74 Å². The monoisotopic (exact) mass is 372 g/mol. The normalized spacial score (nSPS) is 11.7. The predicted octanol–water partition coefficient (Wildman–Crippen LogP) is 5.55. The molecule has 3 heteroatoms. The van der Waals surface area contributed by atoms with Crippen molar-refractivity contribution in [2.75, 3.05) is 7.11 Å². The first kappa shape index (κ1) is 19.6. The summed E-state index contributed by atoms with van der Waals surface area (Å²) in [5.41, 5.74) is 4.24. The second kappa shape index (κ2) is 8.66. The van der Waals surface area contributed by atoms with Crippen molar-refractivity contribution in [1.29, 1.82) is 0 Å². The zero-order valence-corrected chi connectivity index (χ0v) is 16.4. The number of hydrogen-bond acceptors (Lipinski definition) is 3. The molecule has 3 rings (SSSR count).